The molecule has 0 N–H and O–H groups in total. The molecule has 4 rings (SSSR count). The molecule has 0 radical (unpaired) electrons. The van der Waals surface area contributed by atoms with Gasteiger partial charge in [-0.2, -0.15) is 0 Å². The zero-order valence-corrected chi connectivity index (χ0v) is 17.6. The smallest absolute Gasteiger partial charge is 0.164 e. The number of hydrogen-bond acceptors (Lipinski definition) is 5. The van der Waals surface area contributed by atoms with E-state index in [0.717, 1.165) is 38.3 Å². The first-order chi connectivity index (χ1) is 12.8. The molecular weight excluding hydrogens is 400 g/mol. The van der Waals surface area contributed by atoms with Crippen LogP contribution in [0.5, 0.6) is 0 Å². The van der Waals surface area contributed by atoms with Crippen molar-refractivity contribution in [3.05, 3.63) is 64.2 Å². The number of sulfone groups is 1. The minimum absolute atomic E-state index is 0.108. The van der Waals surface area contributed by atoms with E-state index in [-0.39, 0.29) is 23.6 Å². The van der Waals surface area contributed by atoms with Gasteiger partial charge in [0.1, 0.15) is 0 Å². The number of rotatable bonds is 3. The number of fused-ring (bicyclic) bond motifs is 1. The number of amidine groups is 1. The Hall–Kier alpha value is -1.50. The number of hydrogen-bond donors (Lipinski definition) is 0. The summed E-state index contributed by atoms with van der Waals surface area (Å²) in [7, 11) is -3.04. The second-order valence-electron chi connectivity index (χ2n) is 7.20. The van der Waals surface area contributed by atoms with Crippen LogP contribution in [0.2, 0.25) is 5.02 Å². The van der Waals surface area contributed by atoms with E-state index in [1.807, 2.05) is 24.3 Å². The van der Waals surface area contributed by atoms with Gasteiger partial charge >= 0.3 is 0 Å². The molecule has 0 spiro atoms. The summed E-state index contributed by atoms with van der Waals surface area (Å²) in [5, 5.41) is 1.63. The van der Waals surface area contributed by atoms with Gasteiger partial charge in [-0.15, -0.1) is 0 Å². The highest BCUT2D eigenvalue weighted by atomic mass is 35.5. The van der Waals surface area contributed by atoms with E-state index in [9.17, 15) is 8.42 Å². The van der Waals surface area contributed by atoms with Gasteiger partial charge in [0.25, 0.3) is 0 Å². The Morgan fingerprint density at radius 1 is 1.15 bits per heavy atom. The van der Waals surface area contributed by atoms with Gasteiger partial charge in [0.2, 0.25) is 0 Å². The zero-order valence-electron chi connectivity index (χ0n) is 15.2. The van der Waals surface area contributed by atoms with E-state index in [0.29, 0.717) is 0 Å². The third-order valence-corrected chi connectivity index (χ3v) is 8.00. The minimum Gasteiger partial charge on any atom is -0.315 e. The summed E-state index contributed by atoms with van der Waals surface area (Å²) >= 11 is 7.63. The molecular formula is C20H21ClN2O2S2. The summed E-state index contributed by atoms with van der Waals surface area (Å²) in [6, 6.07) is 13.8. The Morgan fingerprint density at radius 3 is 2.63 bits per heavy atom. The number of nitrogens with zero attached hydrogens (tertiary/aromatic N) is 2. The Morgan fingerprint density at radius 2 is 1.89 bits per heavy atom. The fourth-order valence-electron chi connectivity index (χ4n) is 3.62. The highest BCUT2D eigenvalue weighted by Gasteiger charge is 2.47. The lowest BCUT2D eigenvalue weighted by molar-refractivity contribution is 0.601. The lowest BCUT2D eigenvalue weighted by Gasteiger charge is -2.28. The van der Waals surface area contributed by atoms with Crippen LogP contribution in [0.15, 0.2) is 47.5 Å². The molecule has 1 fully saturated rings. The normalized spacial score (nSPS) is 23.4. The van der Waals surface area contributed by atoms with Crippen LogP contribution < -0.4 is 4.90 Å². The van der Waals surface area contributed by atoms with Crippen LogP contribution in [-0.4, -0.2) is 37.2 Å². The van der Waals surface area contributed by atoms with E-state index in [2.05, 4.69) is 36.9 Å². The van der Waals surface area contributed by atoms with Crippen LogP contribution in [0.4, 0.5) is 5.69 Å². The van der Waals surface area contributed by atoms with Crippen molar-refractivity contribution in [2.24, 2.45) is 4.99 Å². The van der Waals surface area contributed by atoms with Gasteiger partial charge in [-0.05, 0) is 48.7 Å². The predicted octanol–water partition coefficient (Wildman–Crippen LogP) is 4.23. The van der Waals surface area contributed by atoms with E-state index < -0.39 is 9.84 Å². The summed E-state index contributed by atoms with van der Waals surface area (Å²) in [5.74, 6) is 1.08. The summed E-state index contributed by atoms with van der Waals surface area (Å²) in [6.07, 6.45) is 0. The number of aryl methyl sites for hydroxylation is 2. The fraction of sp³-hybridized carbons (Fsp3) is 0.350. The quantitative estimate of drug-likeness (QED) is 0.745. The molecule has 2 aliphatic heterocycles. The molecule has 4 nitrogen and oxygen atoms in total. The second kappa shape index (κ2) is 7.15. The number of aliphatic imine (C=N–C) groups is 1. The van der Waals surface area contributed by atoms with Crippen LogP contribution in [0.25, 0.3) is 0 Å². The topological polar surface area (TPSA) is 49.7 Å². The van der Waals surface area contributed by atoms with E-state index in [4.69, 9.17) is 16.6 Å². The molecule has 0 bridgehead atoms. The number of thioether (sulfide) groups is 1. The van der Waals surface area contributed by atoms with Crippen molar-refractivity contribution < 1.29 is 8.42 Å². The average Bonchev–Trinajstić information content (AvgIpc) is 3.08. The van der Waals surface area contributed by atoms with Gasteiger partial charge in [-0.1, -0.05) is 47.6 Å². The average molecular weight is 421 g/mol. The van der Waals surface area contributed by atoms with Gasteiger partial charge in [-0.3, -0.25) is 4.99 Å². The Labute approximate surface area is 169 Å². The first-order valence-corrected chi connectivity index (χ1v) is 12.0. The van der Waals surface area contributed by atoms with Crippen molar-refractivity contribution in [1.82, 2.24) is 0 Å². The second-order valence-corrected chi connectivity index (χ2v) is 10.7. The standard InChI is InChI=1S/C20H21ClN2O2S2/c1-13-3-4-14(2)18(9-13)23-19-12-27(24,25)11-17(19)22-20(23)26-10-15-5-7-16(21)8-6-15/h3-9,17,19H,10-12H2,1-2H3/t17-,19-/m1/s1. The molecule has 2 aromatic rings. The maximum absolute atomic E-state index is 12.2. The summed E-state index contributed by atoms with van der Waals surface area (Å²) in [4.78, 5) is 6.96. The highest BCUT2D eigenvalue weighted by molar-refractivity contribution is 8.13. The molecule has 27 heavy (non-hydrogen) atoms. The predicted molar refractivity (Wildman–Crippen MR) is 115 cm³/mol. The van der Waals surface area contributed by atoms with E-state index in [1.54, 1.807) is 11.8 Å². The van der Waals surface area contributed by atoms with Crippen molar-refractivity contribution in [3.63, 3.8) is 0 Å². The molecule has 1 saturated heterocycles. The van der Waals surface area contributed by atoms with Crippen molar-refractivity contribution in [1.29, 1.82) is 0 Å². The highest BCUT2D eigenvalue weighted by Crippen LogP contribution is 2.37. The Bertz CT molecular complexity index is 1000. The van der Waals surface area contributed by atoms with Gasteiger partial charge in [-0.25, -0.2) is 8.42 Å². The lowest BCUT2D eigenvalue weighted by atomic mass is 10.1. The van der Waals surface area contributed by atoms with E-state index in [1.165, 1.54) is 0 Å². The SMILES string of the molecule is Cc1ccc(C)c(N2C(SCc3ccc(Cl)cc3)=N[C@@H]3CS(=O)(=O)C[C@H]32)c1. The lowest BCUT2D eigenvalue weighted by Crippen LogP contribution is -2.39. The molecule has 0 saturated carbocycles. The zero-order chi connectivity index (χ0) is 19.2. The minimum atomic E-state index is -3.04. The van der Waals surface area contributed by atoms with Gasteiger partial charge in [0.15, 0.2) is 15.0 Å². The molecule has 7 heteroatoms. The van der Waals surface area contributed by atoms with Crippen molar-refractivity contribution in [3.8, 4) is 0 Å². The molecule has 0 unspecified atom stereocenters. The number of benzene rings is 2. The van der Waals surface area contributed by atoms with Gasteiger partial charge in [0.05, 0.1) is 23.6 Å². The van der Waals surface area contributed by atoms with Crippen LogP contribution >= 0.6 is 23.4 Å². The summed E-state index contributed by atoms with van der Waals surface area (Å²) in [5.41, 5.74) is 4.51. The van der Waals surface area contributed by atoms with Gasteiger partial charge in [0, 0.05) is 16.5 Å². The van der Waals surface area contributed by atoms with Crippen LogP contribution in [0.3, 0.4) is 0 Å². The monoisotopic (exact) mass is 420 g/mol. The molecule has 2 aromatic carbocycles. The van der Waals surface area contributed by atoms with E-state index >= 15 is 0 Å². The molecule has 0 aliphatic carbocycles. The van der Waals surface area contributed by atoms with Crippen LogP contribution in [-0.2, 0) is 15.6 Å². The fourth-order valence-corrected chi connectivity index (χ4v) is 6.66. The Kier molecular flexibility index (Phi) is 4.99. The summed E-state index contributed by atoms with van der Waals surface area (Å²) < 4.78 is 24.4. The maximum Gasteiger partial charge on any atom is 0.164 e. The first-order valence-electron chi connectivity index (χ1n) is 8.84. The number of anilines is 1. The molecule has 2 heterocycles. The molecule has 2 atom stereocenters. The largest absolute Gasteiger partial charge is 0.315 e. The molecule has 0 aromatic heterocycles. The summed E-state index contributed by atoms with van der Waals surface area (Å²) in [6.45, 7) is 4.12. The maximum atomic E-state index is 12.2. The Balaban J connectivity index is 1.65. The molecule has 142 valence electrons. The third-order valence-electron chi connectivity index (χ3n) is 5.01. The number of halogens is 1. The van der Waals surface area contributed by atoms with Crippen molar-refractivity contribution >= 4 is 44.1 Å². The molecule has 2 aliphatic rings. The van der Waals surface area contributed by atoms with Gasteiger partial charge < -0.3 is 4.90 Å². The molecule has 0 amide bonds. The van der Waals surface area contributed by atoms with Crippen molar-refractivity contribution in [2.75, 3.05) is 16.4 Å². The van der Waals surface area contributed by atoms with Crippen molar-refractivity contribution in [2.45, 2.75) is 31.7 Å². The third kappa shape index (κ3) is 3.89. The van der Waals surface area contributed by atoms with Crippen LogP contribution in [0, 0.1) is 13.8 Å². The first kappa shape index (κ1) is 18.8. The van der Waals surface area contributed by atoms with Crippen LogP contribution in [0.1, 0.15) is 16.7 Å².